The van der Waals surface area contributed by atoms with Crippen molar-refractivity contribution < 1.29 is 14.7 Å². The maximum atomic E-state index is 12.8. The SMILES string of the molecule is CC(C/C=C1/C(=O)NC(=S)N(c2ccc(Cl)cc2)C1=O)CCCC(C)(C)O. The number of aliphatic hydroxyl groups is 1. The van der Waals surface area contributed by atoms with Crippen LogP contribution in [-0.2, 0) is 9.59 Å². The van der Waals surface area contributed by atoms with Crippen molar-refractivity contribution in [1.82, 2.24) is 5.32 Å². The first kappa shape index (κ1) is 21.5. The fourth-order valence-corrected chi connectivity index (χ4v) is 3.26. The fraction of sp³-hybridized carbons (Fsp3) is 0.450. The van der Waals surface area contributed by atoms with Crippen LogP contribution in [0.2, 0.25) is 5.02 Å². The molecule has 146 valence electrons. The molecule has 0 spiro atoms. The molecule has 1 atom stereocenters. The Morgan fingerprint density at radius 2 is 1.93 bits per heavy atom. The number of benzene rings is 1. The number of carbonyl (C=O) groups excluding carboxylic acids is 2. The molecule has 27 heavy (non-hydrogen) atoms. The molecule has 2 N–H and O–H groups in total. The molecule has 0 saturated carbocycles. The lowest BCUT2D eigenvalue weighted by Crippen LogP contribution is -2.54. The molecule has 1 aliphatic rings. The van der Waals surface area contributed by atoms with Gasteiger partial charge >= 0.3 is 0 Å². The first-order valence-electron chi connectivity index (χ1n) is 8.96. The smallest absolute Gasteiger partial charge is 0.269 e. The number of thiocarbonyl (C=S) groups is 1. The zero-order chi connectivity index (χ0) is 20.2. The van der Waals surface area contributed by atoms with Gasteiger partial charge in [0.15, 0.2) is 5.11 Å². The van der Waals surface area contributed by atoms with Crippen LogP contribution in [0.5, 0.6) is 0 Å². The number of carbonyl (C=O) groups is 2. The van der Waals surface area contributed by atoms with Gasteiger partial charge in [-0.05, 0) is 69.1 Å². The minimum Gasteiger partial charge on any atom is -0.390 e. The van der Waals surface area contributed by atoms with E-state index in [1.54, 1.807) is 44.2 Å². The number of hydrogen-bond donors (Lipinski definition) is 2. The number of rotatable bonds is 7. The van der Waals surface area contributed by atoms with E-state index >= 15 is 0 Å². The summed E-state index contributed by atoms with van der Waals surface area (Å²) in [6, 6.07) is 6.69. The number of anilines is 1. The Morgan fingerprint density at radius 3 is 2.52 bits per heavy atom. The summed E-state index contributed by atoms with van der Waals surface area (Å²) in [4.78, 5) is 26.4. The van der Waals surface area contributed by atoms with Crippen molar-refractivity contribution in [2.75, 3.05) is 4.90 Å². The molecule has 1 aliphatic heterocycles. The van der Waals surface area contributed by atoms with E-state index in [9.17, 15) is 14.7 Å². The number of halogens is 1. The second-order valence-electron chi connectivity index (χ2n) is 7.54. The van der Waals surface area contributed by atoms with Gasteiger partial charge in [-0.2, -0.15) is 0 Å². The Kier molecular flexibility index (Phi) is 7.14. The normalized spacial score (nSPS) is 18.0. The van der Waals surface area contributed by atoms with Crippen molar-refractivity contribution in [2.24, 2.45) is 5.92 Å². The van der Waals surface area contributed by atoms with Gasteiger partial charge in [0.05, 0.1) is 11.3 Å². The molecule has 0 radical (unpaired) electrons. The molecule has 1 aromatic rings. The largest absolute Gasteiger partial charge is 0.390 e. The summed E-state index contributed by atoms with van der Waals surface area (Å²) in [5.74, 6) is -0.619. The topological polar surface area (TPSA) is 69.6 Å². The van der Waals surface area contributed by atoms with Crippen LogP contribution in [0, 0.1) is 5.92 Å². The lowest BCUT2D eigenvalue weighted by molar-refractivity contribution is -0.122. The molecular formula is C20H25ClN2O3S. The minimum atomic E-state index is -0.674. The van der Waals surface area contributed by atoms with E-state index in [1.165, 1.54) is 4.90 Å². The van der Waals surface area contributed by atoms with E-state index in [0.29, 0.717) is 29.5 Å². The maximum absolute atomic E-state index is 12.8. The molecule has 0 aliphatic carbocycles. The van der Waals surface area contributed by atoms with Gasteiger partial charge in [-0.1, -0.05) is 37.4 Å². The van der Waals surface area contributed by atoms with Gasteiger partial charge in [0.2, 0.25) is 0 Å². The van der Waals surface area contributed by atoms with Crippen molar-refractivity contribution in [3.05, 3.63) is 40.9 Å². The van der Waals surface area contributed by atoms with Crippen molar-refractivity contribution >= 4 is 46.4 Å². The molecule has 7 heteroatoms. The Labute approximate surface area is 170 Å². The first-order valence-corrected chi connectivity index (χ1v) is 9.75. The lowest BCUT2D eigenvalue weighted by atomic mass is 9.94. The van der Waals surface area contributed by atoms with Gasteiger partial charge in [0.1, 0.15) is 5.57 Å². The Balaban J connectivity index is 2.07. The molecule has 5 nitrogen and oxygen atoms in total. The van der Waals surface area contributed by atoms with Crippen LogP contribution in [0.4, 0.5) is 5.69 Å². The summed E-state index contributed by atoms with van der Waals surface area (Å²) in [6.07, 6.45) is 4.78. The highest BCUT2D eigenvalue weighted by Crippen LogP contribution is 2.24. The molecule has 0 aromatic heterocycles. The average molecular weight is 409 g/mol. The lowest BCUT2D eigenvalue weighted by Gasteiger charge is -2.29. The molecular weight excluding hydrogens is 384 g/mol. The van der Waals surface area contributed by atoms with Gasteiger partial charge in [-0.25, -0.2) is 0 Å². The van der Waals surface area contributed by atoms with E-state index in [1.807, 2.05) is 0 Å². The van der Waals surface area contributed by atoms with Crippen LogP contribution in [-0.4, -0.2) is 27.6 Å². The van der Waals surface area contributed by atoms with Gasteiger partial charge in [-0.3, -0.25) is 19.8 Å². The number of allylic oxidation sites excluding steroid dienone is 1. The molecule has 2 amide bonds. The van der Waals surface area contributed by atoms with E-state index < -0.39 is 17.4 Å². The molecule has 2 rings (SSSR count). The standard InChI is InChI=1S/C20H25ClN2O3S/c1-13(5-4-12-20(2,3)26)6-11-16-17(24)22-19(27)23(18(16)25)15-9-7-14(21)8-10-15/h7-11,13,26H,4-6,12H2,1-3H3,(H,22,24,27)/b16-11-. The second kappa shape index (κ2) is 8.95. The third-order valence-electron chi connectivity index (χ3n) is 4.40. The third kappa shape index (κ3) is 6.13. The fourth-order valence-electron chi connectivity index (χ4n) is 2.85. The Morgan fingerprint density at radius 1 is 1.30 bits per heavy atom. The highest BCUT2D eigenvalue weighted by Gasteiger charge is 2.34. The van der Waals surface area contributed by atoms with Gasteiger partial charge in [-0.15, -0.1) is 0 Å². The number of hydrogen-bond acceptors (Lipinski definition) is 4. The Bertz CT molecular complexity index is 753. The van der Waals surface area contributed by atoms with Gasteiger partial charge in [0.25, 0.3) is 11.8 Å². The summed E-state index contributed by atoms with van der Waals surface area (Å²) in [5.41, 5.74) is -0.0296. The number of amides is 2. The zero-order valence-electron chi connectivity index (χ0n) is 15.8. The summed E-state index contributed by atoms with van der Waals surface area (Å²) in [7, 11) is 0. The van der Waals surface area contributed by atoms with Crippen molar-refractivity contribution in [1.29, 1.82) is 0 Å². The quantitative estimate of drug-likeness (QED) is 0.406. The van der Waals surface area contributed by atoms with E-state index in [-0.39, 0.29) is 10.7 Å². The third-order valence-corrected chi connectivity index (χ3v) is 4.93. The summed E-state index contributed by atoms with van der Waals surface area (Å²) >= 11 is 11.1. The highest BCUT2D eigenvalue weighted by atomic mass is 35.5. The van der Waals surface area contributed by atoms with Gasteiger partial charge < -0.3 is 5.11 Å². The maximum Gasteiger partial charge on any atom is 0.269 e. The van der Waals surface area contributed by atoms with E-state index in [4.69, 9.17) is 23.8 Å². The van der Waals surface area contributed by atoms with Crippen LogP contribution in [0.3, 0.4) is 0 Å². The van der Waals surface area contributed by atoms with Crippen LogP contribution in [0.15, 0.2) is 35.9 Å². The Hall–Kier alpha value is -1.76. The second-order valence-corrected chi connectivity index (χ2v) is 8.36. The summed E-state index contributed by atoms with van der Waals surface area (Å²) < 4.78 is 0. The van der Waals surface area contributed by atoms with Crippen molar-refractivity contribution in [2.45, 2.75) is 52.1 Å². The molecule has 1 unspecified atom stereocenters. The zero-order valence-corrected chi connectivity index (χ0v) is 17.4. The van der Waals surface area contributed by atoms with Crippen LogP contribution in [0.1, 0.15) is 46.5 Å². The summed E-state index contributed by atoms with van der Waals surface area (Å²) in [6.45, 7) is 5.64. The van der Waals surface area contributed by atoms with E-state index in [2.05, 4.69) is 12.2 Å². The molecule has 1 aromatic carbocycles. The molecule has 1 fully saturated rings. The van der Waals surface area contributed by atoms with Crippen LogP contribution < -0.4 is 10.2 Å². The minimum absolute atomic E-state index is 0.0581. The molecule has 0 bridgehead atoms. The average Bonchev–Trinajstić information content (AvgIpc) is 2.55. The number of nitrogens with zero attached hydrogens (tertiary/aromatic N) is 1. The van der Waals surface area contributed by atoms with E-state index in [0.717, 1.165) is 12.8 Å². The predicted octanol–water partition coefficient (Wildman–Crippen LogP) is 3.98. The van der Waals surface area contributed by atoms with Crippen molar-refractivity contribution in [3.63, 3.8) is 0 Å². The number of nitrogens with one attached hydrogen (secondary N) is 1. The summed E-state index contributed by atoms with van der Waals surface area (Å²) in [5, 5.41) is 13.0. The molecule has 1 saturated heterocycles. The van der Waals surface area contributed by atoms with Crippen LogP contribution in [0.25, 0.3) is 0 Å². The van der Waals surface area contributed by atoms with Crippen LogP contribution >= 0.6 is 23.8 Å². The predicted molar refractivity (Wildman–Crippen MR) is 112 cm³/mol. The highest BCUT2D eigenvalue weighted by molar-refractivity contribution is 7.80. The monoisotopic (exact) mass is 408 g/mol. The van der Waals surface area contributed by atoms with Crippen molar-refractivity contribution in [3.8, 4) is 0 Å². The molecule has 1 heterocycles. The first-order chi connectivity index (χ1) is 12.6. The van der Waals surface area contributed by atoms with Gasteiger partial charge in [0, 0.05) is 5.02 Å².